The summed E-state index contributed by atoms with van der Waals surface area (Å²) in [6.07, 6.45) is 1.19. The molecule has 1 N–H and O–H groups in total. The summed E-state index contributed by atoms with van der Waals surface area (Å²) in [4.78, 5) is 26.0. The number of hydrogen-bond donors (Lipinski definition) is 1. The van der Waals surface area contributed by atoms with E-state index in [1.807, 2.05) is 0 Å². The van der Waals surface area contributed by atoms with Crippen LogP contribution in [0.15, 0.2) is 18.2 Å². The predicted molar refractivity (Wildman–Crippen MR) is 88.3 cm³/mol. The zero-order chi connectivity index (χ0) is 17.0. The second kappa shape index (κ2) is 7.59. The summed E-state index contributed by atoms with van der Waals surface area (Å²) in [5.41, 5.74) is 0.467. The van der Waals surface area contributed by atoms with Crippen LogP contribution in [0.1, 0.15) is 47.9 Å². The second-order valence-corrected chi connectivity index (χ2v) is 6.51. The Morgan fingerprint density at radius 2 is 1.91 bits per heavy atom. The van der Waals surface area contributed by atoms with Crippen LogP contribution in [-0.2, 0) is 0 Å². The van der Waals surface area contributed by atoms with E-state index >= 15 is 0 Å². The fraction of sp³-hybridized carbons (Fsp3) is 0.556. The maximum Gasteiger partial charge on any atom is 0.339 e. The molecule has 1 aliphatic heterocycles. The number of carboxylic acid groups (broad SMARTS) is 1. The van der Waals surface area contributed by atoms with Crippen molar-refractivity contribution in [2.45, 2.75) is 27.2 Å². The van der Waals surface area contributed by atoms with E-state index in [1.165, 1.54) is 12.5 Å². The fourth-order valence-corrected chi connectivity index (χ4v) is 3.37. The Balaban J connectivity index is 2.13. The number of carbonyl (C=O) groups excluding carboxylic acids is 1. The molecular formula is C18H25NO4. The average Bonchev–Trinajstić information content (AvgIpc) is 2.46. The summed E-state index contributed by atoms with van der Waals surface area (Å²) in [7, 11) is 0. The van der Waals surface area contributed by atoms with Gasteiger partial charge in [-0.25, -0.2) is 4.79 Å². The smallest absolute Gasteiger partial charge is 0.339 e. The molecule has 1 aromatic carbocycles. The number of carboxylic acids is 1. The summed E-state index contributed by atoms with van der Waals surface area (Å²) < 4.78 is 5.31. The molecule has 1 fully saturated rings. The van der Waals surface area contributed by atoms with Crippen molar-refractivity contribution < 1.29 is 19.4 Å². The highest BCUT2D eigenvalue weighted by Crippen LogP contribution is 2.23. The summed E-state index contributed by atoms with van der Waals surface area (Å²) in [5, 5.41) is 9.29. The third-order valence-corrected chi connectivity index (χ3v) is 4.14. The highest BCUT2D eigenvalue weighted by molar-refractivity contribution is 6.01. The van der Waals surface area contributed by atoms with Gasteiger partial charge in [0.2, 0.25) is 0 Å². The number of hydrogen-bond acceptors (Lipinski definition) is 4. The van der Waals surface area contributed by atoms with Crippen molar-refractivity contribution in [2.24, 2.45) is 11.8 Å². The van der Waals surface area contributed by atoms with Gasteiger partial charge in [0.05, 0.1) is 13.2 Å². The van der Waals surface area contributed by atoms with Gasteiger partial charge >= 0.3 is 5.97 Å². The monoisotopic (exact) mass is 319 g/mol. The largest absolute Gasteiger partial charge is 0.493 e. The summed E-state index contributed by atoms with van der Waals surface area (Å²) in [5.74, 6) is 0.347. The van der Waals surface area contributed by atoms with Crippen LogP contribution in [0, 0.1) is 11.8 Å². The van der Waals surface area contributed by atoms with Crippen LogP contribution in [-0.4, -0.2) is 48.0 Å². The second-order valence-electron chi connectivity index (χ2n) is 6.51. The van der Waals surface area contributed by atoms with Crippen LogP contribution in [0.25, 0.3) is 0 Å². The van der Waals surface area contributed by atoms with Crippen LogP contribution in [0.4, 0.5) is 0 Å². The molecule has 0 radical (unpaired) electrons. The van der Waals surface area contributed by atoms with Crippen molar-refractivity contribution in [3.8, 4) is 5.75 Å². The van der Waals surface area contributed by atoms with Crippen molar-refractivity contribution in [1.29, 1.82) is 0 Å². The molecule has 5 heteroatoms. The Hall–Kier alpha value is -1.88. The highest BCUT2D eigenvalue weighted by atomic mass is 16.5. The quantitative estimate of drug-likeness (QED) is 0.817. The van der Waals surface area contributed by atoms with Crippen LogP contribution >= 0.6 is 0 Å². The first-order chi connectivity index (χ1) is 10.9. The Morgan fingerprint density at radius 3 is 2.48 bits per heavy atom. The van der Waals surface area contributed by atoms with Crippen LogP contribution < -0.4 is 4.74 Å². The van der Waals surface area contributed by atoms with Crippen molar-refractivity contribution in [2.75, 3.05) is 26.2 Å². The van der Waals surface area contributed by atoms with Gasteiger partial charge in [-0.1, -0.05) is 13.8 Å². The molecule has 0 spiro atoms. The van der Waals surface area contributed by atoms with E-state index in [1.54, 1.807) is 19.1 Å². The van der Waals surface area contributed by atoms with Crippen molar-refractivity contribution >= 4 is 11.8 Å². The van der Waals surface area contributed by atoms with Gasteiger partial charge in [-0.3, -0.25) is 9.69 Å². The van der Waals surface area contributed by atoms with Gasteiger partial charge in [-0.05, 0) is 43.4 Å². The Kier molecular flexibility index (Phi) is 5.77. The third-order valence-electron chi connectivity index (χ3n) is 4.14. The first-order valence-corrected chi connectivity index (χ1v) is 8.16. The maximum absolute atomic E-state index is 12.5. The maximum atomic E-state index is 12.5. The molecule has 1 heterocycles. The van der Waals surface area contributed by atoms with Gasteiger partial charge in [0.15, 0.2) is 5.78 Å². The number of piperidine rings is 1. The zero-order valence-electron chi connectivity index (χ0n) is 14.0. The average molecular weight is 319 g/mol. The summed E-state index contributed by atoms with van der Waals surface area (Å²) >= 11 is 0. The number of ketones is 1. The molecule has 126 valence electrons. The minimum atomic E-state index is -1.08. The van der Waals surface area contributed by atoms with Crippen molar-refractivity contribution in [3.63, 3.8) is 0 Å². The molecule has 0 aliphatic carbocycles. The highest BCUT2D eigenvalue weighted by Gasteiger charge is 2.24. The molecule has 2 unspecified atom stereocenters. The lowest BCUT2D eigenvalue weighted by Gasteiger charge is -2.34. The minimum absolute atomic E-state index is 0.0399. The van der Waals surface area contributed by atoms with E-state index in [9.17, 15) is 14.7 Å². The van der Waals surface area contributed by atoms with Gasteiger partial charge in [-0.15, -0.1) is 0 Å². The van der Waals surface area contributed by atoms with Crippen LogP contribution in [0.2, 0.25) is 0 Å². The fourth-order valence-electron chi connectivity index (χ4n) is 3.37. The van der Waals surface area contributed by atoms with Gasteiger partial charge in [-0.2, -0.15) is 0 Å². The number of rotatable bonds is 6. The molecule has 5 nitrogen and oxygen atoms in total. The van der Waals surface area contributed by atoms with E-state index in [-0.39, 0.29) is 11.3 Å². The Labute approximate surface area is 137 Å². The van der Waals surface area contributed by atoms with Crippen LogP contribution in [0.5, 0.6) is 5.75 Å². The molecule has 0 saturated carbocycles. The van der Waals surface area contributed by atoms with Gasteiger partial charge in [0.25, 0.3) is 0 Å². The molecule has 1 aliphatic rings. The van der Waals surface area contributed by atoms with E-state index in [4.69, 9.17) is 4.74 Å². The number of carbonyl (C=O) groups is 2. The van der Waals surface area contributed by atoms with Crippen molar-refractivity contribution in [1.82, 2.24) is 4.90 Å². The number of nitrogens with zero attached hydrogens (tertiary/aromatic N) is 1. The molecule has 0 bridgehead atoms. The SMILES string of the molecule is CCOc1ccc(C(=O)CN2CC(C)CC(C)C2)cc1C(=O)O. The van der Waals surface area contributed by atoms with Gasteiger partial charge < -0.3 is 9.84 Å². The molecule has 2 rings (SSSR count). The van der Waals surface area contributed by atoms with E-state index in [2.05, 4.69) is 18.7 Å². The lowest BCUT2D eigenvalue weighted by Crippen LogP contribution is -2.41. The first kappa shape index (κ1) is 17.5. The summed E-state index contributed by atoms with van der Waals surface area (Å²) in [6, 6.07) is 4.64. The summed E-state index contributed by atoms with van der Waals surface area (Å²) in [6.45, 7) is 8.75. The predicted octanol–water partition coefficient (Wildman–Crippen LogP) is 2.94. The Morgan fingerprint density at radius 1 is 1.26 bits per heavy atom. The lowest BCUT2D eigenvalue weighted by atomic mass is 9.91. The minimum Gasteiger partial charge on any atom is -0.493 e. The first-order valence-electron chi connectivity index (χ1n) is 8.16. The van der Waals surface area contributed by atoms with Gasteiger partial charge in [0.1, 0.15) is 11.3 Å². The van der Waals surface area contributed by atoms with E-state index in [0.717, 1.165) is 13.1 Å². The molecule has 0 amide bonds. The molecule has 1 aromatic rings. The molecular weight excluding hydrogens is 294 g/mol. The Bertz CT molecular complexity index is 574. The standard InChI is InChI=1S/C18H25NO4/c1-4-23-17-6-5-14(8-15(17)18(21)22)16(20)11-19-9-12(2)7-13(3)10-19/h5-6,8,12-13H,4,7,9-11H2,1-3H3,(H,21,22). The molecule has 2 atom stereocenters. The normalized spacial score (nSPS) is 21.9. The van der Waals surface area contributed by atoms with E-state index < -0.39 is 5.97 Å². The zero-order valence-corrected chi connectivity index (χ0v) is 14.0. The van der Waals surface area contributed by atoms with Gasteiger partial charge in [0, 0.05) is 18.7 Å². The number of benzene rings is 1. The number of ether oxygens (including phenoxy) is 1. The number of likely N-dealkylation sites (tertiary alicyclic amines) is 1. The lowest BCUT2D eigenvalue weighted by molar-refractivity contribution is 0.0692. The third kappa shape index (κ3) is 4.55. The molecule has 0 aromatic heterocycles. The van der Waals surface area contributed by atoms with Crippen molar-refractivity contribution in [3.05, 3.63) is 29.3 Å². The topological polar surface area (TPSA) is 66.8 Å². The molecule has 1 saturated heterocycles. The van der Waals surface area contributed by atoms with E-state index in [0.29, 0.717) is 36.3 Å². The molecule has 23 heavy (non-hydrogen) atoms. The number of Topliss-reactive ketones (excluding diaryl/α,β-unsaturated/α-hetero) is 1. The van der Waals surface area contributed by atoms with Crippen LogP contribution in [0.3, 0.4) is 0 Å². The number of aromatic carboxylic acids is 1.